The van der Waals surface area contributed by atoms with Gasteiger partial charge in [-0.15, -0.1) is 11.8 Å². The first-order valence-electron chi connectivity index (χ1n) is 11.3. The van der Waals surface area contributed by atoms with Crippen LogP contribution < -0.4 is 23.8 Å². The third-order valence-electron chi connectivity index (χ3n) is 5.12. The largest absolute Gasteiger partial charge is 0.493 e. The fourth-order valence-corrected chi connectivity index (χ4v) is 5.23. The highest BCUT2D eigenvalue weighted by atomic mass is 32.2. The van der Waals surface area contributed by atoms with Crippen molar-refractivity contribution in [3.8, 4) is 17.2 Å². The van der Waals surface area contributed by atoms with Crippen LogP contribution in [0, 0.1) is 0 Å². The van der Waals surface area contributed by atoms with Crippen molar-refractivity contribution < 1.29 is 27.4 Å². The predicted molar refractivity (Wildman–Crippen MR) is 142 cm³/mol. The maximum absolute atomic E-state index is 13.7. The van der Waals surface area contributed by atoms with Crippen molar-refractivity contribution in [3.05, 3.63) is 72.8 Å². The van der Waals surface area contributed by atoms with Crippen LogP contribution in [-0.2, 0) is 14.8 Å². The van der Waals surface area contributed by atoms with E-state index < -0.39 is 22.5 Å². The molecule has 10 heteroatoms. The number of amides is 1. The van der Waals surface area contributed by atoms with Crippen molar-refractivity contribution in [2.75, 3.05) is 44.0 Å². The molecule has 3 aromatic rings. The molecule has 0 radical (unpaired) electrons. The number of carbonyl (C=O) groups is 1. The monoisotopic (exact) mass is 530 g/mol. The number of rotatable bonds is 13. The number of thioether (sulfide) groups is 1. The summed E-state index contributed by atoms with van der Waals surface area (Å²) in [7, 11) is -2.51. The van der Waals surface area contributed by atoms with Gasteiger partial charge in [-0.3, -0.25) is 9.10 Å². The second-order valence-electron chi connectivity index (χ2n) is 7.44. The summed E-state index contributed by atoms with van der Waals surface area (Å²) in [4.78, 5) is 13.9. The average Bonchev–Trinajstić information content (AvgIpc) is 2.90. The quantitative estimate of drug-likeness (QED) is 0.261. The number of hydrogen-bond donors (Lipinski definition) is 1. The van der Waals surface area contributed by atoms with Gasteiger partial charge in [0.2, 0.25) is 5.91 Å². The molecule has 0 spiro atoms. The van der Waals surface area contributed by atoms with Gasteiger partial charge < -0.3 is 19.5 Å². The van der Waals surface area contributed by atoms with E-state index in [0.29, 0.717) is 23.9 Å². The number of sulfonamides is 1. The summed E-state index contributed by atoms with van der Waals surface area (Å²) in [5, 5.41) is 2.73. The Morgan fingerprint density at radius 3 is 2.19 bits per heavy atom. The molecule has 3 aromatic carbocycles. The summed E-state index contributed by atoms with van der Waals surface area (Å²) in [6, 6.07) is 20.5. The molecule has 0 aromatic heterocycles. The highest BCUT2D eigenvalue weighted by Gasteiger charge is 2.29. The molecule has 0 saturated heterocycles. The first-order chi connectivity index (χ1) is 17.4. The van der Waals surface area contributed by atoms with Crippen LogP contribution in [0.1, 0.15) is 6.92 Å². The van der Waals surface area contributed by atoms with Crippen LogP contribution in [0.2, 0.25) is 0 Å². The Kier molecular flexibility index (Phi) is 9.89. The first-order valence-corrected chi connectivity index (χ1v) is 14.0. The van der Waals surface area contributed by atoms with E-state index in [1.54, 1.807) is 55.6 Å². The predicted octanol–water partition coefficient (Wildman–Crippen LogP) is 4.21. The van der Waals surface area contributed by atoms with Crippen LogP contribution in [0.5, 0.6) is 17.2 Å². The van der Waals surface area contributed by atoms with Crippen LogP contribution in [-0.4, -0.2) is 54.0 Å². The summed E-state index contributed by atoms with van der Waals surface area (Å²) in [6.45, 7) is 2.10. The second-order valence-corrected chi connectivity index (χ2v) is 10.2. The molecule has 0 aliphatic carbocycles. The number of para-hydroxylation sites is 4. The zero-order chi connectivity index (χ0) is 26.0. The number of methoxy groups -OCH3 is 1. The lowest BCUT2D eigenvalue weighted by Gasteiger charge is -2.26. The normalized spacial score (nSPS) is 11.0. The molecule has 3 rings (SSSR count). The van der Waals surface area contributed by atoms with Crippen molar-refractivity contribution in [1.29, 1.82) is 0 Å². The molecule has 0 bridgehead atoms. The topological polar surface area (TPSA) is 94.2 Å². The molecule has 192 valence electrons. The zero-order valence-corrected chi connectivity index (χ0v) is 22.1. The van der Waals surface area contributed by atoms with Crippen LogP contribution >= 0.6 is 11.8 Å². The van der Waals surface area contributed by atoms with Gasteiger partial charge >= 0.3 is 0 Å². The SMILES string of the molecule is CCOc1ccccc1N(CC(=O)NCCOc1ccccc1OC)S(=O)(=O)c1ccc(SC)cc1. The Hall–Kier alpha value is -3.37. The Labute approximate surface area is 216 Å². The number of ether oxygens (including phenoxy) is 3. The van der Waals surface area contributed by atoms with E-state index in [-0.39, 0.29) is 23.7 Å². The lowest BCUT2D eigenvalue weighted by atomic mass is 10.3. The summed E-state index contributed by atoms with van der Waals surface area (Å²) in [6.07, 6.45) is 1.91. The van der Waals surface area contributed by atoms with E-state index in [2.05, 4.69) is 5.32 Å². The molecule has 8 nitrogen and oxygen atoms in total. The number of carbonyl (C=O) groups excluding carboxylic acids is 1. The molecule has 0 fully saturated rings. The van der Waals surface area contributed by atoms with Gasteiger partial charge in [0.25, 0.3) is 10.0 Å². The molecule has 0 aliphatic rings. The summed E-state index contributed by atoms with van der Waals surface area (Å²) in [5.41, 5.74) is 0.286. The van der Waals surface area contributed by atoms with E-state index in [1.165, 1.54) is 23.9 Å². The Balaban J connectivity index is 1.78. The molecule has 0 unspecified atom stereocenters. The maximum Gasteiger partial charge on any atom is 0.264 e. The van der Waals surface area contributed by atoms with Crippen molar-refractivity contribution in [3.63, 3.8) is 0 Å². The van der Waals surface area contributed by atoms with Gasteiger partial charge in [0, 0.05) is 4.90 Å². The highest BCUT2D eigenvalue weighted by Crippen LogP contribution is 2.33. The van der Waals surface area contributed by atoms with Gasteiger partial charge in [-0.25, -0.2) is 8.42 Å². The van der Waals surface area contributed by atoms with Gasteiger partial charge in [-0.2, -0.15) is 0 Å². The molecule has 0 aliphatic heterocycles. The molecule has 0 heterocycles. The van der Waals surface area contributed by atoms with Crippen LogP contribution in [0.15, 0.2) is 82.6 Å². The van der Waals surface area contributed by atoms with E-state index >= 15 is 0 Å². The third kappa shape index (κ3) is 6.86. The summed E-state index contributed by atoms with van der Waals surface area (Å²) in [5.74, 6) is 1.03. The van der Waals surface area contributed by atoms with Gasteiger partial charge in [0.15, 0.2) is 11.5 Å². The fourth-order valence-electron chi connectivity index (χ4n) is 3.39. The van der Waals surface area contributed by atoms with E-state index in [4.69, 9.17) is 14.2 Å². The zero-order valence-electron chi connectivity index (χ0n) is 20.5. The molecular formula is C26H30N2O6S2. The van der Waals surface area contributed by atoms with Crippen molar-refractivity contribution >= 4 is 33.4 Å². The standard InChI is InChI=1S/C26H30N2O6S2/c1-4-33-23-10-6-5-9-22(23)28(36(30,31)21-15-13-20(35-3)14-16-21)19-26(29)27-17-18-34-25-12-8-7-11-24(25)32-2/h5-16H,4,17-19H2,1-3H3,(H,27,29). The number of benzene rings is 3. The second kappa shape index (κ2) is 13.1. The highest BCUT2D eigenvalue weighted by molar-refractivity contribution is 7.98. The molecular weight excluding hydrogens is 500 g/mol. The minimum atomic E-state index is -4.06. The van der Waals surface area contributed by atoms with Crippen molar-refractivity contribution in [1.82, 2.24) is 5.32 Å². The molecule has 1 amide bonds. The van der Waals surface area contributed by atoms with Crippen LogP contribution in [0.3, 0.4) is 0 Å². The number of anilines is 1. The molecule has 1 N–H and O–H groups in total. The van der Waals surface area contributed by atoms with E-state index in [1.807, 2.05) is 25.3 Å². The molecule has 36 heavy (non-hydrogen) atoms. The van der Waals surface area contributed by atoms with E-state index in [9.17, 15) is 13.2 Å². The van der Waals surface area contributed by atoms with Gasteiger partial charge in [-0.1, -0.05) is 24.3 Å². The Morgan fingerprint density at radius 2 is 1.56 bits per heavy atom. The van der Waals surface area contributed by atoms with Gasteiger partial charge in [0.05, 0.1) is 30.8 Å². The average molecular weight is 531 g/mol. The number of hydrogen-bond acceptors (Lipinski definition) is 7. The summed E-state index contributed by atoms with van der Waals surface area (Å²) < 4.78 is 45.0. The van der Waals surface area contributed by atoms with Gasteiger partial charge in [-0.05, 0) is 61.7 Å². The van der Waals surface area contributed by atoms with Gasteiger partial charge in [0.1, 0.15) is 18.9 Å². The maximum atomic E-state index is 13.7. The van der Waals surface area contributed by atoms with Crippen LogP contribution in [0.4, 0.5) is 5.69 Å². The smallest absolute Gasteiger partial charge is 0.264 e. The Morgan fingerprint density at radius 1 is 0.917 bits per heavy atom. The third-order valence-corrected chi connectivity index (χ3v) is 7.64. The van der Waals surface area contributed by atoms with Crippen molar-refractivity contribution in [2.45, 2.75) is 16.7 Å². The number of nitrogens with one attached hydrogen (secondary N) is 1. The minimum absolute atomic E-state index is 0.0823. The molecule has 0 saturated carbocycles. The molecule has 0 atom stereocenters. The first kappa shape index (κ1) is 27.2. The van der Waals surface area contributed by atoms with E-state index in [0.717, 1.165) is 9.20 Å². The minimum Gasteiger partial charge on any atom is -0.493 e. The van der Waals surface area contributed by atoms with Crippen LogP contribution in [0.25, 0.3) is 0 Å². The lowest BCUT2D eigenvalue weighted by molar-refractivity contribution is -0.119. The lowest BCUT2D eigenvalue weighted by Crippen LogP contribution is -2.42. The Bertz CT molecular complexity index is 1250. The van der Waals surface area contributed by atoms with Crippen molar-refractivity contribution in [2.24, 2.45) is 0 Å². The summed E-state index contributed by atoms with van der Waals surface area (Å²) >= 11 is 1.51. The fraction of sp³-hybridized carbons (Fsp3) is 0.269. The number of nitrogens with zero attached hydrogens (tertiary/aromatic N) is 1.